The number of ketones is 1. The molecule has 26 heavy (non-hydrogen) atoms. The lowest BCUT2D eigenvalue weighted by Crippen LogP contribution is -2.55. The number of halogens is 1. The lowest BCUT2D eigenvalue weighted by molar-refractivity contribution is -0.155. The predicted octanol–water partition coefficient (Wildman–Crippen LogP) is 3.65. The zero-order valence-corrected chi connectivity index (χ0v) is 16.1. The molecule has 140 valence electrons. The molecular weight excluding hydrogens is 354 g/mol. The number of carbonyl (C=O) groups is 3. The van der Waals surface area contributed by atoms with Crippen LogP contribution in [0.2, 0.25) is 5.02 Å². The molecule has 0 N–H and O–H groups in total. The average Bonchev–Trinajstić information content (AvgIpc) is 2.60. The molecule has 0 spiro atoms. The van der Waals surface area contributed by atoms with Crippen LogP contribution in [0.5, 0.6) is 0 Å². The Morgan fingerprint density at radius 3 is 2.58 bits per heavy atom. The van der Waals surface area contributed by atoms with Crippen molar-refractivity contribution in [1.29, 1.82) is 0 Å². The van der Waals surface area contributed by atoms with Crippen molar-refractivity contribution >= 4 is 29.3 Å². The molecule has 0 aromatic heterocycles. The van der Waals surface area contributed by atoms with E-state index in [0.717, 1.165) is 18.4 Å². The highest BCUT2D eigenvalue weighted by Gasteiger charge is 2.47. The van der Waals surface area contributed by atoms with Crippen LogP contribution in [-0.4, -0.2) is 36.2 Å². The Morgan fingerprint density at radius 1 is 1.27 bits per heavy atom. The number of ether oxygens (including phenoxy) is 1. The third kappa shape index (κ3) is 4.15. The van der Waals surface area contributed by atoms with Crippen LogP contribution in [0.1, 0.15) is 45.1 Å². The van der Waals surface area contributed by atoms with Crippen LogP contribution in [0, 0.1) is 0 Å². The second-order valence-electron chi connectivity index (χ2n) is 6.75. The van der Waals surface area contributed by atoms with Gasteiger partial charge in [-0.3, -0.25) is 9.59 Å². The van der Waals surface area contributed by atoms with Gasteiger partial charge in [-0.05, 0) is 39.2 Å². The van der Waals surface area contributed by atoms with Gasteiger partial charge in [0.25, 0.3) is 5.91 Å². The number of nitrogens with zero attached hydrogens (tertiary/aromatic N) is 1. The molecule has 1 aromatic carbocycles. The zero-order chi connectivity index (χ0) is 19.3. The molecule has 1 aliphatic carbocycles. The quantitative estimate of drug-likeness (QED) is 0.580. The van der Waals surface area contributed by atoms with E-state index in [-0.39, 0.29) is 5.78 Å². The Balaban J connectivity index is 2.30. The Hall–Kier alpha value is -2.14. The largest absolute Gasteiger partial charge is 0.452 e. The molecular formula is C20H24ClNO4. The van der Waals surface area contributed by atoms with E-state index in [1.165, 1.54) is 11.0 Å². The fraction of sp³-hybridized carbons (Fsp3) is 0.450. The van der Waals surface area contributed by atoms with Crippen LogP contribution >= 0.6 is 11.6 Å². The van der Waals surface area contributed by atoms with Crippen molar-refractivity contribution in [1.82, 2.24) is 4.90 Å². The van der Waals surface area contributed by atoms with Gasteiger partial charge in [0.2, 0.25) is 0 Å². The number of hydrogen-bond donors (Lipinski definition) is 0. The van der Waals surface area contributed by atoms with E-state index in [2.05, 4.69) is 0 Å². The SMILES string of the molecule is CC(C)=CC(=O)OCC(=O)N(C)C1(c2ccccc2Cl)CCCCC1=O. The molecule has 2 rings (SSSR count). The highest BCUT2D eigenvalue weighted by atomic mass is 35.5. The van der Waals surface area contributed by atoms with Crippen molar-refractivity contribution in [2.45, 2.75) is 45.1 Å². The predicted molar refractivity (Wildman–Crippen MR) is 99.8 cm³/mol. The van der Waals surface area contributed by atoms with Gasteiger partial charge in [0, 0.05) is 30.1 Å². The molecule has 1 fully saturated rings. The van der Waals surface area contributed by atoms with Gasteiger partial charge in [-0.25, -0.2) is 4.79 Å². The van der Waals surface area contributed by atoms with Gasteiger partial charge in [0.1, 0.15) is 5.54 Å². The fourth-order valence-electron chi connectivity index (χ4n) is 3.35. The summed E-state index contributed by atoms with van der Waals surface area (Å²) in [6.45, 7) is 3.11. The van der Waals surface area contributed by atoms with E-state index in [1.807, 2.05) is 0 Å². The fourth-order valence-corrected chi connectivity index (χ4v) is 3.64. The number of benzene rings is 1. The van der Waals surface area contributed by atoms with E-state index in [0.29, 0.717) is 23.4 Å². The molecule has 1 atom stereocenters. The number of Topliss-reactive ketones (excluding diaryl/α,β-unsaturated/α-hetero) is 1. The standard InChI is InChI=1S/C20H24ClNO4/c1-14(2)12-19(25)26-13-18(24)22(3)20(11-7-6-10-17(20)23)15-8-4-5-9-16(15)21/h4-5,8-9,12H,6-7,10-11,13H2,1-3H3. The number of allylic oxidation sites excluding steroid dienone is 1. The van der Waals surface area contributed by atoms with Crippen molar-refractivity contribution in [3.63, 3.8) is 0 Å². The first-order valence-electron chi connectivity index (χ1n) is 8.65. The molecule has 0 radical (unpaired) electrons. The topological polar surface area (TPSA) is 63.7 Å². The smallest absolute Gasteiger partial charge is 0.331 e. The van der Waals surface area contributed by atoms with Gasteiger partial charge >= 0.3 is 5.97 Å². The summed E-state index contributed by atoms with van der Waals surface area (Å²) in [4.78, 5) is 38.7. The lowest BCUT2D eigenvalue weighted by atomic mass is 9.74. The lowest BCUT2D eigenvalue weighted by Gasteiger charge is -2.43. The van der Waals surface area contributed by atoms with Crippen molar-refractivity contribution in [2.75, 3.05) is 13.7 Å². The zero-order valence-electron chi connectivity index (χ0n) is 15.4. The molecule has 0 heterocycles. The summed E-state index contributed by atoms with van der Waals surface area (Å²) in [5, 5.41) is 0.448. The van der Waals surface area contributed by atoms with E-state index in [1.54, 1.807) is 45.2 Å². The van der Waals surface area contributed by atoms with Crippen molar-refractivity contribution < 1.29 is 19.1 Å². The third-order valence-electron chi connectivity index (χ3n) is 4.66. The Kier molecular flexibility index (Phi) is 6.59. The molecule has 5 nitrogen and oxygen atoms in total. The van der Waals surface area contributed by atoms with E-state index >= 15 is 0 Å². The van der Waals surface area contributed by atoms with Crippen molar-refractivity contribution in [2.24, 2.45) is 0 Å². The van der Waals surface area contributed by atoms with Gasteiger partial charge in [-0.15, -0.1) is 0 Å². The number of likely N-dealkylation sites (N-methyl/N-ethyl adjacent to an activating group) is 1. The summed E-state index contributed by atoms with van der Waals surface area (Å²) in [6.07, 6.45) is 3.82. The number of esters is 1. The second-order valence-corrected chi connectivity index (χ2v) is 7.16. The summed E-state index contributed by atoms with van der Waals surface area (Å²) < 4.78 is 5.02. The summed E-state index contributed by atoms with van der Waals surface area (Å²) in [7, 11) is 1.57. The van der Waals surface area contributed by atoms with E-state index < -0.39 is 24.0 Å². The molecule has 1 amide bonds. The summed E-state index contributed by atoms with van der Waals surface area (Å²) in [6, 6.07) is 7.09. The molecule has 1 aromatic rings. The van der Waals surface area contributed by atoms with E-state index in [9.17, 15) is 14.4 Å². The maximum absolute atomic E-state index is 12.9. The summed E-state index contributed by atoms with van der Waals surface area (Å²) in [5.74, 6) is -1.05. The number of hydrogen-bond acceptors (Lipinski definition) is 4. The minimum absolute atomic E-state index is 0.0386. The number of rotatable bonds is 5. The van der Waals surface area contributed by atoms with Gasteiger partial charge < -0.3 is 9.64 Å². The third-order valence-corrected chi connectivity index (χ3v) is 4.99. The highest BCUT2D eigenvalue weighted by Crippen LogP contribution is 2.42. The molecule has 1 saturated carbocycles. The van der Waals surface area contributed by atoms with Crippen LogP contribution in [0.25, 0.3) is 0 Å². The molecule has 0 saturated heterocycles. The van der Waals surface area contributed by atoms with Crippen LogP contribution in [-0.2, 0) is 24.7 Å². The van der Waals surface area contributed by atoms with Crippen LogP contribution < -0.4 is 0 Å². The highest BCUT2D eigenvalue weighted by molar-refractivity contribution is 6.31. The van der Waals surface area contributed by atoms with Gasteiger partial charge in [-0.1, -0.05) is 35.4 Å². The Labute approximate surface area is 159 Å². The van der Waals surface area contributed by atoms with Gasteiger partial charge in [0.05, 0.1) is 0 Å². The van der Waals surface area contributed by atoms with Gasteiger partial charge in [0.15, 0.2) is 12.4 Å². The monoisotopic (exact) mass is 377 g/mol. The summed E-state index contributed by atoms with van der Waals surface area (Å²) >= 11 is 6.36. The van der Waals surface area contributed by atoms with Gasteiger partial charge in [-0.2, -0.15) is 0 Å². The normalized spacial score (nSPS) is 19.6. The Morgan fingerprint density at radius 2 is 1.96 bits per heavy atom. The van der Waals surface area contributed by atoms with E-state index in [4.69, 9.17) is 16.3 Å². The maximum Gasteiger partial charge on any atom is 0.331 e. The molecule has 0 bridgehead atoms. The Bertz CT molecular complexity index is 739. The first kappa shape index (κ1) is 20.2. The molecule has 0 aliphatic heterocycles. The van der Waals surface area contributed by atoms with Crippen LogP contribution in [0.4, 0.5) is 0 Å². The molecule has 1 aliphatic rings. The van der Waals surface area contributed by atoms with Crippen LogP contribution in [0.3, 0.4) is 0 Å². The average molecular weight is 378 g/mol. The first-order chi connectivity index (χ1) is 12.3. The minimum Gasteiger partial charge on any atom is -0.452 e. The summed E-state index contributed by atoms with van der Waals surface area (Å²) in [5.41, 5.74) is 0.292. The number of amides is 1. The molecule has 1 unspecified atom stereocenters. The minimum atomic E-state index is -1.11. The van der Waals surface area contributed by atoms with Crippen molar-refractivity contribution in [3.8, 4) is 0 Å². The van der Waals surface area contributed by atoms with Crippen LogP contribution in [0.15, 0.2) is 35.9 Å². The number of carbonyl (C=O) groups excluding carboxylic acids is 3. The molecule has 6 heteroatoms. The first-order valence-corrected chi connectivity index (χ1v) is 9.03. The van der Waals surface area contributed by atoms with Crippen molar-refractivity contribution in [3.05, 3.63) is 46.5 Å². The maximum atomic E-state index is 12.9. The second kappa shape index (κ2) is 8.49.